The Labute approximate surface area is 797 Å². The highest BCUT2D eigenvalue weighted by atomic mass is 14.8. The van der Waals surface area contributed by atoms with Crippen LogP contribution in [0.5, 0.6) is 0 Å². The van der Waals surface area contributed by atoms with E-state index in [-0.39, 0.29) is 0 Å². The van der Waals surface area contributed by atoms with Crippen molar-refractivity contribution in [3.05, 3.63) is 338 Å². The van der Waals surface area contributed by atoms with Gasteiger partial charge in [-0.2, -0.15) is 0 Å². The van der Waals surface area contributed by atoms with Gasteiger partial charge in [-0.15, -0.1) is 0 Å². The molecule has 0 unspecified atom stereocenters. The Morgan fingerprint density at radius 1 is 0.150 bits per heavy atom. The lowest BCUT2D eigenvalue weighted by molar-refractivity contribution is 1.27. The van der Waals surface area contributed by atoms with Crippen LogP contribution in [0.3, 0.4) is 0 Å². The molecular formula is C119H154N14. The molecule has 14 nitrogen and oxygen atoms in total. The Morgan fingerprint density at radius 2 is 0.489 bits per heavy atom. The van der Waals surface area contributed by atoms with Crippen LogP contribution in [-0.2, 0) is 0 Å². The van der Waals surface area contributed by atoms with E-state index >= 15 is 0 Å². The summed E-state index contributed by atoms with van der Waals surface area (Å²) in [6.45, 7) is 70.4. The van der Waals surface area contributed by atoms with Crippen LogP contribution in [0.1, 0.15) is 233 Å². The van der Waals surface area contributed by atoms with E-state index in [1.807, 2.05) is 404 Å². The molecule has 14 aromatic heterocycles. The monoisotopic (exact) mass is 1780 g/mol. The maximum atomic E-state index is 4.54. The third-order valence-corrected chi connectivity index (χ3v) is 18.3. The number of rotatable bonds is 0. The lowest BCUT2D eigenvalue weighted by Gasteiger charge is -2.04. The molecule has 0 atom stereocenters. The molecule has 21 aromatic rings. The van der Waals surface area contributed by atoms with Gasteiger partial charge in [0.1, 0.15) is 0 Å². The van der Waals surface area contributed by atoms with Crippen molar-refractivity contribution in [3.63, 3.8) is 0 Å². The number of hydrogen-bond acceptors (Lipinski definition) is 14. The van der Waals surface area contributed by atoms with Gasteiger partial charge in [0.2, 0.25) is 0 Å². The van der Waals surface area contributed by atoms with Gasteiger partial charge in [-0.3, -0.25) is 69.8 Å². The topological polar surface area (TPSA) is 180 Å². The molecule has 0 bridgehead atoms. The quantitative estimate of drug-likeness (QED) is 0.131. The highest BCUT2D eigenvalue weighted by Gasteiger charge is 2.10. The molecule has 21 rings (SSSR count). The largest absolute Gasteiger partial charge is 0.255 e. The maximum Gasteiger partial charge on any atom is 0.0967 e. The minimum absolute atomic E-state index is 0.953. The molecule has 0 aliphatic heterocycles. The summed E-state index contributed by atoms with van der Waals surface area (Å²) in [6, 6.07) is 73.5. The summed E-state index contributed by atoms with van der Waals surface area (Å²) >= 11 is 0. The molecule has 14 heteroatoms. The van der Waals surface area contributed by atoms with E-state index in [9.17, 15) is 0 Å². The van der Waals surface area contributed by atoms with Crippen LogP contribution in [0.4, 0.5) is 0 Å². The summed E-state index contributed by atoms with van der Waals surface area (Å²) in [5.74, 6) is 0. The number of pyridine rings is 14. The molecule has 0 radical (unpaired) electrons. The summed E-state index contributed by atoms with van der Waals surface area (Å²) in [5, 5.41) is 16.2. The third-order valence-electron chi connectivity index (χ3n) is 18.3. The zero-order valence-electron chi connectivity index (χ0n) is 87.1. The van der Waals surface area contributed by atoms with Crippen molar-refractivity contribution in [2.24, 2.45) is 0 Å². The van der Waals surface area contributed by atoms with E-state index in [1.54, 1.807) is 0 Å². The molecule has 14 heterocycles. The molecule has 0 saturated carbocycles. The predicted molar refractivity (Wildman–Crippen MR) is 591 cm³/mol. The van der Waals surface area contributed by atoms with Gasteiger partial charge in [0.25, 0.3) is 0 Å². The van der Waals surface area contributed by atoms with E-state index in [0.717, 1.165) is 121 Å². The standard InChI is InChI=1S/7C13H10N2.14C2H6/c1-9-4-2-5-10-11(9)8-15-12-6-3-7-14-13(10)12;1-9-4-5-11-10(7-9)8-15-12-3-2-6-14-13(11)12;1-9-4-5-10-8-15-12-3-2-6-14-13(12)11(10)7-9;1-9-10-5-2-3-6-11(10)13-12(15-9)7-4-8-14-13;1-9-6-10-8-14-12-5-3-2-4-11(12)13(10)15-7-9;1-9-6-12-13(15-7-9)11-5-3-2-4-10(11)8-14-12;1-9-6-7-14-13-11-5-3-2-4-10(11)8-15-12(9)13;14*1-2/h7*2-8H,1H3;14*1-2H3. The first kappa shape index (κ1) is 117. The van der Waals surface area contributed by atoms with Gasteiger partial charge >= 0.3 is 0 Å². The highest BCUT2D eigenvalue weighted by Crippen LogP contribution is 2.30. The molecule has 0 fully saturated rings. The van der Waals surface area contributed by atoms with Crippen LogP contribution in [0.25, 0.3) is 153 Å². The van der Waals surface area contributed by atoms with Gasteiger partial charge in [-0.1, -0.05) is 338 Å². The Kier molecular flexibility index (Phi) is 60.3. The van der Waals surface area contributed by atoms with E-state index in [0.29, 0.717) is 0 Å². The molecule has 0 aliphatic rings. The van der Waals surface area contributed by atoms with E-state index in [2.05, 4.69) is 207 Å². The first-order valence-electron chi connectivity index (χ1n) is 48.6. The second kappa shape index (κ2) is 68.4. The van der Waals surface area contributed by atoms with Crippen molar-refractivity contribution in [2.75, 3.05) is 0 Å². The Morgan fingerprint density at radius 3 is 1.05 bits per heavy atom. The average molecular weight is 1780 g/mol. The summed E-state index contributed by atoms with van der Waals surface area (Å²) in [4.78, 5) is 61.8. The van der Waals surface area contributed by atoms with Crippen molar-refractivity contribution in [2.45, 2.75) is 242 Å². The number of aromatic nitrogens is 14. The van der Waals surface area contributed by atoms with Crippen LogP contribution in [-0.4, -0.2) is 69.8 Å². The number of aryl methyl sites for hydroxylation is 7. The lowest BCUT2D eigenvalue weighted by Crippen LogP contribution is -1.89. The van der Waals surface area contributed by atoms with E-state index in [4.69, 9.17) is 0 Å². The van der Waals surface area contributed by atoms with Gasteiger partial charge in [0.15, 0.2) is 0 Å². The van der Waals surface area contributed by atoms with Gasteiger partial charge in [-0.05, 0) is 156 Å². The van der Waals surface area contributed by atoms with Crippen molar-refractivity contribution in [3.8, 4) is 0 Å². The van der Waals surface area contributed by atoms with Crippen LogP contribution in [0.2, 0.25) is 0 Å². The van der Waals surface area contributed by atoms with Crippen molar-refractivity contribution < 1.29 is 0 Å². The predicted octanol–water partition coefficient (Wildman–Crippen LogP) is 36.0. The average Bonchev–Trinajstić information content (AvgIpc) is 0.780. The van der Waals surface area contributed by atoms with Crippen molar-refractivity contribution >= 4 is 153 Å². The van der Waals surface area contributed by atoms with Crippen LogP contribution in [0.15, 0.2) is 299 Å². The van der Waals surface area contributed by atoms with Gasteiger partial charge in [-0.25, -0.2) is 0 Å². The second-order valence-corrected chi connectivity index (χ2v) is 25.8. The first-order valence-corrected chi connectivity index (χ1v) is 48.6. The molecule has 0 amide bonds. The van der Waals surface area contributed by atoms with E-state index in [1.165, 1.54) is 70.9 Å². The highest BCUT2D eigenvalue weighted by molar-refractivity contribution is 6.08. The Balaban J connectivity index is 0.000000742. The summed E-state index contributed by atoms with van der Waals surface area (Å²) < 4.78 is 0. The summed E-state index contributed by atoms with van der Waals surface area (Å²) in [5.41, 5.74) is 22.0. The number of nitrogens with zero attached hydrogens (tertiary/aromatic N) is 14. The summed E-state index contributed by atoms with van der Waals surface area (Å²) in [6.07, 6.45) is 24.3. The van der Waals surface area contributed by atoms with Crippen LogP contribution >= 0.6 is 0 Å². The Bertz CT molecular complexity index is 6320. The number of fused-ring (bicyclic) bond motifs is 21. The molecule has 700 valence electrons. The zero-order chi connectivity index (χ0) is 99.8. The van der Waals surface area contributed by atoms with Crippen LogP contribution in [0, 0.1) is 48.5 Å². The fourth-order valence-corrected chi connectivity index (χ4v) is 13.1. The van der Waals surface area contributed by atoms with Gasteiger partial charge in [0, 0.05) is 162 Å². The number of benzene rings is 7. The van der Waals surface area contributed by atoms with E-state index < -0.39 is 0 Å². The molecule has 0 saturated heterocycles. The number of hydrogen-bond donors (Lipinski definition) is 0. The van der Waals surface area contributed by atoms with Crippen molar-refractivity contribution in [1.29, 1.82) is 0 Å². The normalized spacial score (nSPS) is 9.32. The molecule has 7 aromatic carbocycles. The molecule has 133 heavy (non-hydrogen) atoms. The minimum atomic E-state index is 0.953. The summed E-state index contributed by atoms with van der Waals surface area (Å²) in [7, 11) is 0. The van der Waals surface area contributed by atoms with Crippen molar-refractivity contribution in [1.82, 2.24) is 69.8 Å². The number of para-hydroxylation sites is 1. The lowest BCUT2D eigenvalue weighted by atomic mass is 10.1. The fraction of sp³-hybridized carbons (Fsp3) is 0.294. The van der Waals surface area contributed by atoms with Gasteiger partial charge < -0.3 is 0 Å². The smallest absolute Gasteiger partial charge is 0.0967 e. The van der Waals surface area contributed by atoms with Gasteiger partial charge in [0.05, 0.1) is 77.2 Å². The Hall–Kier alpha value is -13.7. The third kappa shape index (κ3) is 33.0. The second-order valence-electron chi connectivity index (χ2n) is 25.8. The maximum absolute atomic E-state index is 4.54. The first-order chi connectivity index (χ1) is 65.5. The zero-order valence-corrected chi connectivity index (χ0v) is 87.1. The molecule has 0 aliphatic carbocycles. The molecule has 0 N–H and O–H groups in total. The SMILES string of the molecule is CC.CC.CC.CC.CC.CC.CC.CC.CC.CC.CC.CC.CC.CC.Cc1ccc2c(cnc3cccnc32)c1.Cc1ccc2cnc3cccnc3c2c1.Cc1cccc2c1cnc1cccnc12.Cc1ccnc2c1ncc1ccccc12.Cc1cnc2c(c1)ncc1ccccc12.Cc1cnc2c(cnc3ccccc32)c1.Cc1nc2cccnc2c2ccccc12. The minimum Gasteiger partial charge on any atom is -0.255 e. The molecular weight excluding hydrogens is 1630 g/mol. The molecule has 0 spiro atoms. The fourth-order valence-electron chi connectivity index (χ4n) is 13.1. The van der Waals surface area contributed by atoms with Crippen LogP contribution < -0.4 is 0 Å².